The first kappa shape index (κ1) is 11.7. The maximum Gasteiger partial charge on any atom is 0.0282 e. The molecule has 1 saturated heterocycles. The van der Waals surface area contributed by atoms with Crippen molar-refractivity contribution in [2.24, 2.45) is 0 Å². The van der Waals surface area contributed by atoms with E-state index in [2.05, 4.69) is 23.5 Å². The largest absolute Gasteiger partial charge is 0.314 e. The van der Waals surface area contributed by atoms with Gasteiger partial charge >= 0.3 is 0 Å². The fourth-order valence-corrected chi connectivity index (χ4v) is 3.22. The summed E-state index contributed by atoms with van der Waals surface area (Å²) in [4.78, 5) is 2.52. The molecule has 15 heavy (non-hydrogen) atoms. The minimum atomic E-state index is 0.618. The number of rotatable bonds is 5. The van der Waals surface area contributed by atoms with Crippen LogP contribution in [0.2, 0.25) is 0 Å². The topological polar surface area (TPSA) is 15.3 Å². The van der Waals surface area contributed by atoms with Gasteiger partial charge in [-0.3, -0.25) is 0 Å². The number of nitrogens with one attached hydrogen (secondary N) is 1. The zero-order valence-electron chi connectivity index (χ0n) is 10.1. The molecule has 3 heteroatoms. The van der Waals surface area contributed by atoms with Crippen LogP contribution in [0.1, 0.15) is 32.1 Å². The molecular weight excluding hydrogens is 204 g/mol. The predicted octanol–water partition coefficient (Wildman–Crippen LogP) is 1.96. The van der Waals surface area contributed by atoms with Crippen LogP contribution in [-0.2, 0) is 0 Å². The molecule has 1 heterocycles. The third kappa shape index (κ3) is 3.11. The van der Waals surface area contributed by atoms with Crippen LogP contribution in [0.3, 0.4) is 0 Å². The van der Waals surface area contributed by atoms with E-state index in [4.69, 9.17) is 0 Å². The summed E-state index contributed by atoms with van der Waals surface area (Å²) in [6.45, 7) is 3.71. The van der Waals surface area contributed by atoms with Crippen molar-refractivity contribution in [2.45, 2.75) is 42.9 Å². The van der Waals surface area contributed by atoms with Crippen molar-refractivity contribution in [3.05, 3.63) is 0 Å². The van der Waals surface area contributed by atoms with Crippen LogP contribution in [0.25, 0.3) is 0 Å². The summed E-state index contributed by atoms with van der Waals surface area (Å²) in [5.41, 5.74) is 0. The Kier molecular flexibility index (Phi) is 3.97. The first-order valence-corrected chi connectivity index (χ1v) is 7.44. The van der Waals surface area contributed by atoms with Gasteiger partial charge in [0.2, 0.25) is 0 Å². The van der Waals surface area contributed by atoms with Crippen LogP contribution >= 0.6 is 11.8 Å². The van der Waals surface area contributed by atoms with Crippen molar-refractivity contribution < 1.29 is 0 Å². The zero-order chi connectivity index (χ0) is 10.7. The van der Waals surface area contributed by atoms with E-state index in [0.717, 1.165) is 6.04 Å². The molecule has 1 aliphatic carbocycles. The average molecular weight is 228 g/mol. The van der Waals surface area contributed by atoms with Crippen molar-refractivity contribution in [2.75, 3.05) is 32.9 Å². The second kappa shape index (κ2) is 5.07. The lowest BCUT2D eigenvalue weighted by Crippen LogP contribution is -2.44. The molecule has 1 N–H and O–H groups in total. The van der Waals surface area contributed by atoms with E-state index in [1.165, 1.54) is 51.7 Å². The molecule has 1 atom stereocenters. The molecule has 0 radical (unpaired) electrons. The van der Waals surface area contributed by atoms with Crippen LogP contribution in [0.5, 0.6) is 0 Å². The highest BCUT2D eigenvalue weighted by Gasteiger charge is 2.41. The van der Waals surface area contributed by atoms with Crippen LogP contribution in [0.4, 0.5) is 0 Å². The molecule has 1 unspecified atom stereocenters. The summed E-state index contributed by atoms with van der Waals surface area (Å²) >= 11 is 2.05. The minimum Gasteiger partial charge on any atom is -0.314 e. The van der Waals surface area contributed by atoms with Gasteiger partial charge in [-0.05, 0) is 45.5 Å². The Labute approximate surface area is 98.2 Å². The van der Waals surface area contributed by atoms with Gasteiger partial charge in [-0.2, -0.15) is 11.8 Å². The lowest BCUT2D eigenvalue weighted by molar-refractivity contribution is 0.182. The van der Waals surface area contributed by atoms with Gasteiger partial charge in [0, 0.05) is 23.9 Å². The lowest BCUT2D eigenvalue weighted by atomic mass is 10.0. The standard InChI is InChI=1S/C12H24N2S/c1-14-8-4-3-5-11(14)9-13-10-12(15-2)6-7-12/h11,13H,3-10H2,1-2H3. The number of piperidine rings is 1. The van der Waals surface area contributed by atoms with E-state index in [0.29, 0.717) is 4.75 Å². The molecule has 0 aromatic rings. The summed E-state index contributed by atoms with van der Waals surface area (Å²) in [6, 6.07) is 0.788. The van der Waals surface area contributed by atoms with E-state index in [1.54, 1.807) is 0 Å². The maximum atomic E-state index is 3.68. The fraction of sp³-hybridized carbons (Fsp3) is 1.00. The van der Waals surface area contributed by atoms with E-state index >= 15 is 0 Å². The number of hydrogen-bond donors (Lipinski definition) is 1. The molecule has 2 rings (SSSR count). The van der Waals surface area contributed by atoms with Gasteiger partial charge in [-0.15, -0.1) is 0 Å². The van der Waals surface area contributed by atoms with Crippen molar-refractivity contribution in [1.82, 2.24) is 10.2 Å². The molecule has 88 valence electrons. The van der Waals surface area contributed by atoms with Crippen LogP contribution in [-0.4, -0.2) is 48.6 Å². The third-order valence-corrected chi connectivity index (χ3v) is 5.41. The summed E-state index contributed by atoms with van der Waals surface area (Å²) in [7, 11) is 2.27. The van der Waals surface area contributed by atoms with Gasteiger partial charge in [0.25, 0.3) is 0 Å². The molecule has 0 aromatic carbocycles. The summed E-state index contributed by atoms with van der Waals surface area (Å²) in [5.74, 6) is 0. The van der Waals surface area contributed by atoms with Crippen molar-refractivity contribution in [3.8, 4) is 0 Å². The summed E-state index contributed by atoms with van der Waals surface area (Å²) in [6.07, 6.45) is 9.28. The van der Waals surface area contributed by atoms with Crippen LogP contribution in [0.15, 0.2) is 0 Å². The zero-order valence-corrected chi connectivity index (χ0v) is 10.9. The number of nitrogens with zero attached hydrogens (tertiary/aromatic N) is 1. The first-order valence-electron chi connectivity index (χ1n) is 6.22. The van der Waals surface area contributed by atoms with E-state index in [1.807, 2.05) is 11.8 Å². The van der Waals surface area contributed by atoms with Crippen molar-refractivity contribution >= 4 is 11.8 Å². The van der Waals surface area contributed by atoms with Crippen LogP contribution < -0.4 is 5.32 Å². The Morgan fingerprint density at radius 1 is 1.40 bits per heavy atom. The number of thioether (sulfide) groups is 1. The second-order valence-corrected chi connectivity index (χ2v) is 6.42. The Morgan fingerprint density at radius 3 is 2.80 bits per heavy atom. The quantitative estimate of drug-likeness (QED) is 0.774. The second-order valence-electron chi connectivity index (χ2n) is 5.15. The van der Waals surface area contributed by atoms with Gasteiger partial charge < -0.3 is 10.2 Å². The highest BCUT2D eigenvalue weighted by molar-refractivity contribution is 8.00. The Hall–Kier alpha value is 0.270. The fourth-order valence-electron chi connectivity index (χ4n) is 2.46. The first-order chi connectivity index (χ1) is 7.26. The Balaban J connectivity index is 1.64. The highest BCUT2D eigenvalue weighted by Crippen LogP contribution is 2.46. The van der Waals surface area contributed by atoms with Gasteiger partial charge in [0.05, 0.1) is 0 Å². The molecule has 2 fully saturated rings. The van der Waals surface area contributed by atoms with Gasteiger partial charge in [-0.25, -0.2) is 0 Å². The molecule has 0 amide bonds. The average Bonchev–Trinajstić information content (AvgIpc) is 3.02. The van der Waals surface area contributed by atoms with E-state index in [-0.39, 0.29) is 0 Å². The van der Waals surface area contributed by atoms with Gasteiger partial charge in [0.15, 0.2) is 0 Å². The number of hydrogen-bond acceptors (Lipinski definition) is 3. The van der Waals surface area contributed by atoms with Crippen molar-refractivity contribution in [1.29, 1.82) is 0 Å². The SMILES string of the molecule is CSC1(CNCC2CCCCN2C)CC1. The third-order valence-electron chi connectivity index (χ3n) is 3.99. The summed E-state index contributed by atoms with van der Waals surface area (Å²) < 4.78 is 0.618. The lowest BCUT2D eigenvalue weighted by Gasteiger charge is -2.33. The molecule has 0 aromatic heterocycles. The molecular formula is C12H24N2S. The maximum absolute atomic E-state index is 3.68. The smallest absolute Gasteiger partial charge is 0.0282 e. The van der Waals surface area contributed by atoms with Crippen molar-refractivity contribution in [3.63, 3.8) is 0 Å². The number of likely N-dealkylation sites (N-methyl/N-ethyl adjacent to an activating group) is 1. The number of likely N-dealkylation sites (tertiary alicyclic amines) is 1. The van der Waals surface area contributed by atoms with Crippen LogP contribution in [0, 0.1) is 0 Å². The monoisotopic (exact) mass is 228 g/mol. The normalized spacial score (nSPS) is 30.4. The molecule has 2 aliphatic rings. The Bertz CT molecular complexity index is 204. The predicted molar refractivity (Wildman–Crippen MR) is 68.6 cm³/mol. The molecule has 1 aliphatic heterocycles. The highest BCUT2D eigenvalue weighted by atomic mass is 32.2. The van der Waals surface area contributed by atoms with E-state index in [9.17, 15) is 0 Å². The van der Waals surface area contributed by atoms with Gasteiger partial charge in [0.1, 0.15) is 0 Å². The summed E-state index contributed by atoms with van der Waals surface area (Å²) in [5, 5.41) is 3.68. The van der Waals surface area contributed by atoms with Gasteiger partial charge in [-0.1, -0.05) is 6.42 Å². The van der Waals surface area contributed by atoms with E-state index < -0.39 is 0 Å². The Morgan fingerprint density at radius 2 is 2.20 bits per heavy atom. The minimum absolute atomic E-state index is 0.618. The molecule has 0 bridgehead atoms. The molecule has 0 spiro atoms. The molecule has 2 nitrogen and oxygen atoms in total. The molecule has 1 saturated carbocycles.